The molecule has 0 amide bonds. The molecular formula is C13H19N3S. The SMILES string of the molecule is CCN(C)CCNc1nc2ccc(C)cc2s1. The minimum Gasteiger partial charge on any atom is -0.360 e. The highest BCUT2D eigenvalue weighted by molar-refractivity contribution is 7.22. The molecule has 1 N–H and O–H groups in total. The van der Waals surface area contributed by atoms with Crippen molar-refractivity contribution in [1.29, 1.82) is 0 Å². The number of thiazole rings is 1. The normalized spacial score (nSPS) is 11.3. The first-order valence-corrected chi connectivity index (χ1v) is 6.80. The minimum absolute atomic E-state index is 0.948. The van der Waals surface area contributed by atoms with Crippen LogP contribution in [0.25, 0.3) is 10.2 Å². The van der Waals surface area contributed by atoms with Crippen molar-refractivity contribution in [2.45, 2.75) is 13.8 Å². The molecule has 0 bridgehead atoms. The molecular weight excluding hydrogens is 230 g/mol. The standard InChI is InChI=1S/C13H19N3S/c1-4-16(3)8-7-14-13-15-11-6-5-10(2)9-12(11)17-13/h5-6,9H,4,7-8H2,1-3H3,(H,14,15). The highest BCUT2D eigenvalue weighted by Crippen LogP contribution is 2.26. The van der Waals surface area contributed by atoms with Gasteiger partial charge in [0.1, 0.15) is 0 Å². The number of hydrogen-bond acceptors (Lipinski definition) is 4. The lowest BCUT2D eigenvalue weighted by Gasteiger charge is -2.13. The molecule has 0 saturated carbocycles. The second-order valence-corrected chi connectivity index (χ2v) is 5.34. The Balaban J connectivity index is 1.99. The molecule has 0 aliphatic rings. The van der Waals surface area contributed by atoms with Crippen LogP contribution in [0.15, 0.2) is 18.2 Å². The van der Waals surface area contributed by atoms with Crippen LogP contribution in [0.2, 0.25) is 0 Å². The number of nitrogens with zero attached hydrogens (tertiary/aromatic N) is 2. The molecule has 1 heterocycles. The van der Waals surface area contributed by atoms with Crippen molar-refractivity contribution in [3.05, 3.63) is 23.8 Å². The molecule has 2 aromatic rings. The quantitative estimate of drug-likeness (QED) is 0.883. The van der Waals surface area contributed by atoms with Crippen molar-refractivity contribution in [2.24, 2.45) is 0 Å². The number of likely N-dealkylation sites (N-methyl/N-ethyl adjacent to an activating group) is 1. The number of benzene rings is 1. The summed E-state index contributed by atoms with van der Waals surface area (Å²) in [5, 5.41) is 4.41. The fraction of sp³-hybridized carbons (Fsp3) is 0.462. The molecule has 0 unspecified atom stereocenters. The molecule has 0 radical (unpaired) electrons. The van der Waals surface area contributed by atoms with Gasteiger partial charge >= 0.3 is 0 Å². The van der Waals surface area contributed by atoms with E-state index in [1.807, 2.05) is 0 Å². The van der Waals surface area contributed by atoms with E-state index in [0.717, 1.165) is 30.3 Å². The van der Waals surface area contributed by atoms with Crippen LogP contribution in [0.3, 0.4) is 0 Å². The third kappa shape index (κ3) is 3.17. The highest BCUT2D eigenvalue weighted by atomic mass is 32.1. The van der Waals surface area contributed by atoms with Crippen molar-refractivity contribution >= 4 is 26.7 Å². The first-order chi connectivity index (χ1) is 8.19. The number of rotatable bonds is 5. The first kappa shape index (κ1) is 12.3. The Kier molecular flexibility index (Phi) is 3.97. The smallest absolute Gasteiger partial charge is 0.183 e. The number of nitrogens with one attached hydrogen (secondary N) is 1. The third-order valence-electron chi connectivity index (χ3n) is 2.85. The second kappa shape index (κ2) is 5.47. The largest absolute Gasteiger partial charge is 0.360 e. The predicted octanol–water partition coefficient (Wildman–Crippen LogP) is 2.97. The van der Waals surface area contributed by atoms with E-state index >= 15 is 0 Å². The molecule has 2 rings (SSSR count). The monoisotopic (exact) mass is 249 g/mol. The lowest BCUT2D eigenvalue weighted by Crippen LogP contribution is -2.24. The van der Waals surface area contributed by atoms with E-state index in [0.29, 0.717) is 0 Å². The van der Waals surface area contributed by atoms with Crippen LogP contribution in [0.5, 0.6) is 0 Å². The summed E-state index contributed by atoms with van der Waals surface area (Å²) in [6.07, 6.45) is 0. The first-order valence-electron chi connectivity index (χ1n) is 5.98. The Morgan fingerprint density at radius 1 is 1.41 bits per heavy atom. The molecule has 0 spiro atoms. The van der Waals surface area contributed by atoms with Crippen LogP contribution >= 0.6 is 11.3 Å². The van der Waals surface area contributed by atoms with Crippen molar-refractivity contribution in [3.8, 4) is 0 Å². The molecule has 0 atom stereocenters. The number of aromatic nitrogens is 1. The Hall–Kier alpha value is -1.13. The van der Waals surface area contributed by atoms with Crippen LogP contribution < -0.4 is 5.32 Å². The summed E-state index contributed by atoms with van der Waals surface area (Å²) in [5.41, 5.74) is 2.38. The third-order valence-corrected chi connectivity index (χ3v) is 3.83. The summed E-state index contributed by atoms with van der Waals surface area (Å²) in [7, 11) is 2.13. The Bertz CT molecular complexity index is 492. The van der Waals surface area contributed by atoms with Crippen molar-refractivity contribution < 1.29 is 0 Å². The maximum absolute atomic E-state index is 4.57. The maximum Gasteiger partial charge on any atom is 0.183 e. The lowest BCUT2D eigenvalue weighted by molar-refractivity contribution is 0.367. The molecule has 0 fully saturated rings. The van der Waals surface area contributed by atoms with Crippen molar-refractivity contribution in [3.63, 3.8) is 0 Å². The summed E-state index contributed by atoms with van der Waals surface area (Å²) in [6, 6.07) is 6.39. The van der Waals surface area contributed by atoms with Crippen LogP contribution in [-0.4, -0.2) is 36.6 Å². The van der Waals surface area contributed by atoms with E-state index in [-0.39, 0.29) is 0 Å². The van der Waals surface area contributed by atoms with Gasteiger partial charge in [-0.1, -0.05) is 24.3 Å². The molecule has 0 aliphatic carbocycles. The van der Waals surface area contributed by atoms with E-state index in [9.17, 15) is 0 Å². The van der Waals surface area contributed by atoms with Gasteiger partial charge in [0.15, 0.2) is 5.13 Å². The fourth-order valence-electron chi connectivity index (χ4n) is 1.62. The number of hydrogen-bond donors (Lipinski definition) is 1. The van der Waals surface area contributed by atoms with Crippen LogP contribution in [0.1, 0.15) is 12.5 Å². The summed E-state index contributed by atoms with van der Waals surface area (Å²) >= 11 is 1.73. The van der Waals surface area contributed by atoms with Gasteiger partial charge in [0.05, 0.1) is 10.2 Å². The van der Waals surface area contributed by atoms with Gasteiger partial charge in [-0.15, -0.1) is 0 Å². The average molecular weight is 249 g/mol. The average Bonchev–Trinajstić information content (AvgIpc) is 2.70. The van der Waals surface area contributed by atoms with E-state index < -0.39 is 0 Å². The van der Waals surface area contributed by atoms with Crippen molar-refractivity contribution in [2.75, 3.05) is 32.0 Å². The summed E-state index contributed by atoms with van der Waals surface area (Å²) in [6.45, 7) is 7.36. The molecule has 92 valence electrons. The molecule has 4 heteroatoms. The Morgan fingerprint density at radius 2 is 2.24 bits per heavy atom. The van der Waals surface area contributed by atoms with Crippen molar-refractivity contribution in [1.82, 2.24) is 9.88 Å². The lowest BCUT2D eigenvalue weighted by atomic mass is 10.2. The molecule has 3 nitrogen and oxygen atoms in total. The predicted molar refractivity (Wildman–Crippen MR) is 76.0 cm³/mol. The van der Waals surface area contributed by atoms with E-state index in [1.165, 1.54) is 10.3 Å². The van der Waals surface area contributed by atoms with Gasteiger partial charge in [0.25, 0.3) is 0 Å². The van der Waals surface area contributed by atoms with Gasteiger partial charge in [-0.2, -0.15) is 0 Å². The number of fused-ring (bicyclic) bond motifs is 1. The topological polar surface area (TPSA) is 28.2 Å². The Labute approximate surface area is 106 Å². The fourth-order valence-corrected chi connectivity index (χ4v) is 2.61. The van der Waals surface area contributed by atoms with E-state index in [4.69, 9.17) is 0 Å². The second-order valence-electron chi connectivity index (χ2n) is 4.31. The molecule has 1 aromatic heterocycles. The zero-order chi connectivity index (χ0) is 12.3. The maximum atomic E-state index is 4.57. The summed E-state index contributed by atoms with van der Waals surface area (Å²) in [5.74, 6) is 0. The molecule has 17 heavy (non-hydrogen) atoms. The molecule has 0 aliphatic heterocycles. The van der Waals surface area contributed by atoms with Gasteiger partial charge in [0.2, 0.25) is 0 Å². The van der Waals surface area contributed by atoms with Gasteiger partial charge < -0.3 is 10.2 Å². The van der Waals surface area contributed by atoms with E-state index in [2.05, 4.69) is 54.3 Å². The molecule has 1 aromatic carbocycles. The summed E-state index contributed by atoms with van der Waals surface area (Å²) < 4.78 is 1.26. The highest BCUT2D eigenvalue weighted by Gasteiger charge is 2.03. The minimum atomic E-state index is 0.948. The zero-order valence-electron chi connectivity index (χ0n) is 10.7. The Morgan fingerprint density at radius 3 is 3.00 bits per heavy atom. The number of aryl methyl sites for hydroxylation is 1. The van der Waals surface area contributed by atoms with Gasteiger partial charge in [-0.05, 0) is 38.2 Å². The van der Waals surface area contributed by atoms with Crippen LogP contribution in [0, 0.1) is 6.92 Å². The zero-order valence-corrected chi connectivity index (χ0v) is 11.5. The van der Waals surface area contributed by atoms with Crippen LogP contribution in [0.4, 0.5) is 5.13 Å². The number of anilines is 1. The summed E-state index contributed by atoms with van der Waals surface area (Å²) in [4.78, 5) is 6.85. The van der Waals surface area contributed by atoms with Crippen LogP contribution in [-0.2, 0) is 0 Å². The van der Waals surface area contributed by atoms with E-state index in [1.54, 1.807) is 11.3 Å². The molecule has 0 saturated heterocycles. The van der Waals surface area contributed by atoms with Gasteiger partial charge in [0, 0.05) is 13.1 Å². The van der Waals surface area contributed by atoms with Gasteiger partial charge in [-0.25, -0.2) is 4.98 Å². The van der Waals surface area contributed by atoms with Gasteiger partial charge in [-0.3, -0.25) is 0 Å².